The number of anilines is 2. The van der Waals surface area contributed by atoms with E-state index in [1.807, 2.05) is 4.90 Å². The number of hydrogen-bond acceptors (Lipinski definition) is 8. The van der Waals surface area contributed by atoms with Gasteiger partial charge < -0.3 is 22.1 Å². The molecule has 12 heteroatoms. The third-order valence-electron chi connectivity index (χ3n) is 6.38. The summed E-state index contributed by atoms with van der Waals surface area (Å²) >= 11 is 0.646. The topological polar surface area (TPSA) is 137 Å². The quantitative estimate of drug-likeness (QED) is 0.624. The van der Waals surface area contributed by atoms with Gasteiger partial charge in [0.05, 0.1) is 0 Å². The number of nitrogens with two attached hydrogens (primary N) is 3. The molecule has 1 atom stereocenters. The summed E-state index contributed by atoms with van der Waals surface area (Å²) in [5.41, 5.74) is 16.8. The van der Waals surface area contributed by atoms with E-state index in [1.165, 1.54) is 12.1 Å². The van der Waals surface area contributed by atoms with Crippen LogP contribution in [0.5, 0.6) is 0 Å². The second kappa shape index (κ2) is 8.39. The number of carbonyl (C=O) groups excluding carboxylic acids is 1. The number of pyridine rings is 1. The molecule has 1 amide bonds. The van der Waals surface area contributed by atoms with Gasteiger partial charge in [0, 0.05) is 30.2 Å². The third kappa shape index (κ3) is 4.20. The summed E-state index contributed by atoms with van der Waals surface area (Å²) in [6.07, 6.45) is 1.33. The first-order chi connectivity index (χ1) is 15.1. The fraction of sp³-hybridized carbons (Fsp3) is 0.500. The number of piperidine rings is 1. The first-order valence-electron chi connectivity index (χ1n) is 10.3. The van der Waals surface area contributed by atoms with Crippen LogP contribution in [0.15, 0.2) is 28.3 Å². The molecule has 0 bridgehead atoms. The van der Waals surface area contributed by atoms with Crippen molar-refractivity contribution in [3.8, 4) is 0 Å². The molecule has 32 heavy (non-hydrogen) atoms. The van der Waals surface area contributed by atoms with Crippen LogP contribution in [0.4, 0.5) is 24.8 Å². The Bertz CT molecular complexity index is 1020. The third-order valence-corrected chi connectivity index (χ3v) is 7.43. The number of primary amides is 1. The smallest absolute Gasteiger partial charge is 0.381 e. The monoisotopic (exact) mass is 467 g/mol. The van der Waals surface area contributed by atoms with Crippen molar-refractivity contribution >= 4 is 29.3 Å². The summed E-state index contributed by atoms with van der Waals surface area (Å²) in [7, 11) is 0. The molecule has 3 heterocycles. The molecular weight excluding hydrogens is 443 g/mol. The zero-order valence-corrected chi connectivity index (χ0v) is 18.0. The summed E-state index contributed by atoms with van der Waals surface area (Å²) in [5.74, 6) is -0.651. The Labute approximate surface area is 187 Å². The summed E-state index contributed by atoms with van der Waals surface area (Å²) in [6, 6.07) is 2.80. The minimum Gasteiger partial charge on any atom is -0.381 e. The Hall–Kier alpha value is -2.60. The van der Waals surface area contributed by atoms with Crippen molar-refractivity contribution in [1.29, 1.82) is 0 Å². The molecule has 1 saturated carbocycles. The van der Waals surface area contributed by atoms with Gasteiger partial charge in [0.15, 0.2) is 23.0 Å². The number of rotatable bonds is 4. The van der Waals surface area contributed by atoms with E-state index in [2.05, 4.69) is 15.0 Å². The average molecular weight is 468 g/mol. The van der Waals surface area contributed by atoms with Crippen LogP contribution in [0.1, 0.15) is 48.3 Å². The van der Waals surface area contributed by atoms with Crippen molar-refractivity contribution in [3.63, 3.8) is 0 Å². The zero-order chi connectivity index (χ0) is 23.1. The van der Waals surface area contributed by atoms with E-state index in [0.717, 1.165) is 38.3 Å². The van der Waals surface area contributed by atoms with Crippen LogP contribution in [0, 0.1) is 5.41 Å². The van der Waals surface area contributed by atoms with Gasteiger partial charge in [0.2, 0.25) is 0 Å². The molecule has 8 nitrogen and oxygen atoms in total. The minimum absolute atomic E-state index is 0.0349. The molecule has 0 unspecified atom stereocenters. The lowest BCUT2D eigenvalue weighted by Crippen LogP contribution is -2.47. The molecule has 2 aromatic heterocycles. The van der Waals surface area contributed by atoms with Gasteiger partial charge in [-0.05, 0) is 43.2 Å². The predicted octanol–water partition coefficient (Wildman–Crippen LogP) is 2.82. The Morgan fingerprint density at radius 2 is 1.94 bits per heavy atom. The van der Waals surface area contributed by atoms with Crippen molar-refractivity contribution in [2.24, 2.45) is 16.9 Å². The Kier molecular flexibility index (Phi) is 5.93. The van der Waals surface area contributed by atoms with Crippen molar-refractivity contribution in [3.05, 3.63) is 29.7 Å². The highest BCUT2D eigenvalue weighted by atomic mass is 32.2. The van der Waals surface area contributed by atoms with Gasteiger partial charge in [-0.2, -0.15) is 13.2 Å². The van der Waals surface area contributed by atoms with Gasteiger partial charge in [-0.25, -0.2) is 9.97 Å². The maximum absolute atomic E-state index is 13.3. The first kappa shape index (κ1) is 22.6. The maximum atomic E-state index is 13.3. The first-order valence-corrected chi connectivity index (χ1v) is 11.1. The highest BCUT2D eigenvalue weighted by molar-refractivity contribution is 7.99. The highest BCUT2D eigenvalue weighted by Gasteiger charge is 2.43. The number of aromatic nitrogens is 3. The second-order valence-electron chi connectivity index (χ2n) is 8.25. The number of amides is 1. The maximum Gasteiger partial charge on any atom is 0.434 e. The zero-order valence-electron chi connectivity index (χ0n) is 17.2. The summed E-state index contributed by atoms with van der Waals surface area (Å²) < 4.78 is 39.9. The summed E-state index contributed by atoms with van der Waals surface area (Å²) in [6.45, 7) is 1.24. The van der Waals surface area contributed by atoms with E-state index in [0.29, 0.717) is 24.9 Å². The Balaban J connectivity index is 1.62. The number of alkyl halides is 3. The molecule has 172 valence electrons. The van der Waals surface area contributed by atoms with Crippen LogP contribution < -0.4 is 22.1 Å². The Morgan fingerprint density at radius 1 is 1.22 bits per heavy atom. The molecule has 2 aromatic rings. The highest BCUT2D eigenvalue weighted by Crippen LogP contribution is 2.46. The summed E-state index contributed by atoms with van der Waals surface area (Å²) in [5, 5.41) is -0.0349. The van der Waals surface area contributed by atoms with Gasteiger partial charge in [-0.3, -0.25) is 9.78 Å². The van der Waals surface area contributed by atoms with Gasteiger partial charge in [0.25, 0.3) is 5.91 Å². The molecule has 0 radical (unpaired) electrons. The second-order valence-corrected chi connectivity index (χ2v) is 9.28. The molecular formula is C20H24F3N7OS. The lowest BCUT2D eigenvalue weighted by atomic mass is 9.74. The number of carbonyl (C=O) groups is 1. The van der Waals surface area contributed by atoms with Crippen LogP contribution in [-0.2, 0) is 6.18 Å². The summed E-state index contributed by atoms with van der Waals surface area (Å²) in [4.78, 5) is 25.8. The molecule has 1 aliphatic carbocycles. The normalized spacial score (nSPS) is 20.6. The largest absolute Gasteiger partial charge is 0.434 e. The van der Waals surface area contributed by atoms with E-state index in [9.17, 15) is 18.0 Å². The fourth-order valence-corrected chi connectivity index (χ4v) is 5.53. The van der Waals surface area contributed by atoms with Crippen LogP contribution in [0.2, 0.25) is 0 Å². The van der Waals surface area contributed by atoms with Crippen LogP contribution >= 0.6 is 11.8 Å². The fourth-order valence-electron chi connectivity index (χ4n) is 4.62. The van der Waals surface area contributed by atoms with Gasteiger partial charge in [-0.1, -0.05) is 18.2 Å². The average Bonchev–Trinajstić information content (AvgIpc) is 3.09. The van der Waals surface area contributed by atoms with E-state index < -0.39 is 17.8 Å². The van der Waals surface area contributed by atoms with Crippen molar-refractivity contribution in [2.75, 3.05) is 23.7 Å². The molecule has 2 fully saturated rings. The molecule has 0 aromatic carbocycles. The minimum atomic E-state index is -4.65. The number of nitrogens with zero attached hydrogens (tertiary/aromatic N) is 4. The van der Waals surface area contributed by atoms with E-state index >= 15 is 0 Å². The molecule has 2 aliphatic rings. The number of nitrogen functional groups attached to an aromatic ring is 1. The standard InChI is InChI=1S/C20H24F3N7OS/c21-20(22,23)14-11(3-2-8-27-14)32-18-15(25)29-17(13(28-18)16(26)31)30-9-6-19(7-10-30)5-1-4-12(19)24/h2-3,8,12H,1,4-7,9-10,24H2,(H2,25,29)(H2,26,31)/t12-/m0/s1. The van der Waals surface area contributed by atoms with Crippen LogP contribution in [0.25, 0.3) is 0 Å². The Morgan fingerprint density at radius 3 is 2.53 bits per heavy atom. The molecule has 4 rings (SSSR count). The van der Waals surface area contributed by atoms with E-state index in [1.54, 1.807) is 0 Å². The number of halogens is 3. The molecule has 1 saturated heterocycles. The van der Waals surface area contributed by atoms with Crippen molar-refractivity contribution in [2.45, 2.75) is 54.2 Å². The molecule has 1 spiro atoms. The number of hydrogen-bond donors (Lipinski definition) is 3. The van der Waals surface area contributed by atoms with Crippen molar-refractivity contribution < 1.29 is 18.0 Å². The van der Waals surface area contributed by atoms with Gasteiger partial charge in [0.1, 0.15) is 5.03 Å². The molecule has 6 N–H and O–H groups in total. The molecule has 1 aliphatic heterocycles. The van der Waals surface area contributed by atoms with Crippen LogP contribution in [0.3, 0.4) is 0 Å². The predicted molar refractivity (Wildman–Crippen MR) is 114 cm³/mol. The van der Waals surface area contributed by atoms with Gasteiger partial charge in [-0.15, -0.1) is 0 Å². The SMILES string of the molecule is NC(=O)c1nc(Sc2cccnc2C(F)(F)F)c(N)nc1N1CCC2(CCC[C@@H]2N)CC1. The van der Waals surface area contributed by atoms with E-state index in [-0.39, 0.29) is 38.7 Å². The van der Waals surface area contributed by atoms with Crippen LogP contribution in [-0.4, -0.2) is 40.0 Å². The lowest BCUT2D eigenvalue weighted by molar-refractivity contribution is -0.143. The van der Waals surface area contributed by atoms with Gasteiger partial charge >= 0.3 is 6.18 Å². The van der Waals surface area contributed by atoms with E-state index in [4.69, 9.17) is 17.2 Å². The van der Waals surface area contributed by atoms with Crippen molar-refractivity contribution in [1.82, 2.24) is 15.0 Å². The lowest BCUT2D eigenvalue weighted by Gasteiger charge is -2.42.